The Kier molecular flexibility index (Phi) is 8.51. The van der Waals surface area contributed by atoms with Crippen LogP contribution in [0.1, 0.15) is 118 Å². The molecule has 9 atom stereocenters. The number of rotatable bonds is 8. The normalized spacial score (nSPS) is 45.7. The van der Waals surface area contributed by atoms with E-state index in [1.807, 2.05) is 0 Å². The van der Waals surface area contributed by atoms with Crippen LogP contribution in [0.2, 0.25) is 0 Å². The van der Waals surface area contributed by atoms with Gasteiger partial charge in [0.05, 0.1) is 31.5 Å². The van der Waals surface area contributed by atoms with Crippen molar-refractivity contribution < 1.29 is 24.1 Å². The second-order valence-electron chi connectivity index (χ2n) is 15.8. The van der Waals surface area contributed by atoms with Crippen LogP contribution in [-0.4, -0.2) is 72.2 Å². The molecule has 234 valence electrons. The maximum absolute atomic E-state index is 14.4. The molecule has 0 aromatic carbocycles. The molecular formula is C35H59NO5. The van der Waals surface area contributed by atoms with E-state index in [0.717, 1.165) is 64.6 Å². The standard InChI is InChI=1S/C35H59NO5/c1-6-8-14-35(15-9-7-2)23-36(16-17-41-35)27-21-32(3)24(20-28(27)37)10-11-25-26-12-13-30(34(5)39-18-19-40-34)33(26,4)22-29(38)31(25)32/h24-28,30-31,37H,6-23H2,1-5H3/t24-,25-,26-,27-,28-,30-,31+,32-,33-/m0/s1. The predicted molar refractivity (Wildman–Crippen MR) is 160 cm³/mol. The Morgan fingerprint density at radius 3 is 2.29 bits per heavy atom. The average molecular weight is 574 g/mol. The summed E-state index contributed by atoms with van der Waals surface area (Å²) in [5.74, 6) is 1.80. The molecule has 6 fully saturated rings. The minimum absolute atomic E-state index is 0.0403. The first-order chi connectivity index (χ1) is 19.6. The number of fused-ring (bicyclic) bond motifs is 5. The van der Waals surface area contributed by atoms with Crippen molar-refractivity contribution in [2.75, 3.05) is 32.9 Å². The molecule has 2 saturated heterocycles. The largest absolute Gasteiger partial charge is 0.391 e. The molecule has 0 aromatic heterocycles. The first-order valence-electron chi connectivity index (χ1n) is 17.5. The second-order valence-corrected chi connectivity index (χ2v) is 15.8. The number of Topliss-reactive ketones (excluding diaryl/α,β-unsaturated/α-hetero) is 1. The van der Waals surface area contributed by atoms with Crippen molar-refractivity contribution in [3.8, 4) is 0 Å². The van der Waals surface area contributed by atoms with E-state index in [2.05, 4.69) is 39.5 Å². The Hall–Kier alpha value is -0.530. The third-order valence-electron chi connectivity index (χ3n) is 13.6. The zero-order valence-electron chi connectivity index (χ0n) is 26.8. The molecule has 0 unspecified atom stereocenters. The van der Waals surface area contributed by atoms with Crippen LogP contribution in [0.4, 0.5) is 0 Å². The molecule has 1 N–H and O–H groups in total. The summed E-state index contributed by atoms with van der Waals surface area (Å²) in [4.78, 5) is 17.0. The van der Waals surface area contributed by atoms with Crippen molar-refractivity contribution in [2.24, 2.45) is 40.4 Å². The number of aliphatic hydroxyl groups is 1. The summed E-state index contributed by atoms with van der Waals surface area (Å²) in [5.41, 5.74) is -0.170. The van der Waals surface area contributed by atoms with Crippen molar-refractivity contribution in [1.29, 1.82) is 0 Å². The number of nitrogens with zero attached hydrogens (tertiary/aromatic N) is 1. The monoisotopic (exact) mass is 573 g/mol. The Morgan fingerprint density at radius 2 is 1.61 bits per heavy atom. The van der Waals surface area contributed by atoms with Gasteiger partial charge in [0, 0.05) is 37.4 Å². The third kappa shape index (κ3) is 5.08. The predicted octanol–water partition coefficient (Wildman–Crippen LogP) is 6.38. The van der Waals surface area contributed by atoms with E-state index in [9.17, 15) is 9.90 Å². The topological polar surface area (TPSA) is 68.2 Å². The van der Waals surface area contributed by atoms with Crippen molar-refractivity contribution in [2.45, 2.75) is 142 Å². The fourth-order valence-electron chi connectivity index (χ4n) is 11.6. The Labute approximate surface area is 249 Å². The Bertz CT molecular complexity index is 941. The van der Waals surface area contributed by atoms with E-state index in [1.165, 1.54) is 32.1 Å². The lowest BCUT2D eigenvalue weighted by Gasteiger charge is -2.62. The van der Waals surface area contributed by atoms with Crippen LogP contribution in [0.3, 0.4) is 0 Å². The molecule has 2 heterocycles. The highest BCUT2D eigenvalue weighted by Crippen LogP contribution is 2.68. The molecule has 2 aliphatic heterocycles. The number of hydrogen-bond acceptors (Lipinski definition) is 6. The fraction of sp³-hybridized carbons (Fsp3) is 0.971. The molecule has 0 amide bonds. The lowest BCUT2D eigenvalue weighted by molar-refractivity contribution is -0.218. The maximum atomic E-state index is 14.4. The van der Waals surface area contributed by atoms with Gasteiger partial charge in [-0.05, 0) is 86.9 Å². The molecule has 0 bridgehead atoms. The summed E-state index contributed by atoms with van der Waals surface area (Å²) >= 11 is 0. The fourth-order valence-corrected chi connectivity index (χ4v) is 11.6. The average Bonchev–Trinajstić information content (AvgIpc) is 3.54. The highest BCUT2D eigenvalue weighted by molar-refractivity contribution is 5.84. The molecule has 6 nitrogen and oxygen atoms in total. The van der Waals surface area contributed by atoms with Crippen LogP contribution in [0, 0.1) is 40.4 Å². The number of carbonyl (C=O) groups excluding carboxylic acids is 1. The molecule has 4 aliphatic carbocycles. The van der Waals surface area contributed by atoms with Gasteiger partial charge in [0.1, 0.15) is 5.78 Å². The van der Waals surface area contributed by atoms with Crippen LogP contribution in [-0.2, 0) is 19.0 Å². The Morgan fingerprint density at radius 1 is 0.902 bits per heavy atom. The van der Waals surface area contributed by atoms with Gasteiger partial charge in [-0.3, -0.25) is 9.69 Å². The van der Waals surface area contributed by atoms with Crippen LogP contribution in [0.15, 0.2) is 0 Å². The summed E-state index contributed by atoms with van der Waals surface area (Å²) in [5, 5.41) is 11.6. The minimum atomic E-state index is -0.545. The first-order valence-corrected chi connectivity index (χ1v) is 17.5. The van der Waals surface area contributed by atoms with Gasteiger partial charge < -0.3 is 19.3 Å². The van der Waals surface area contributed by atoms with Gasteiger partial charge >= 0.3 is 0 Å². The van der Waals surface area contributed by atoms with Gasteiger partial charge in [0.2, 0.25) is 0 Å². The number of hydrogen-bond donors (Lipinski definition) is 1. The van der Waals surface area contributed by atoms with Crippen molar-refractivity contribution in [1.82, 2.24) is 4.90 Å². The van der Waals surface area contributed by atoms with Gasteiger partial charge in [-0.15, -0.1) is 0 Å². The van der Waals surface area contributed by atoms with Gasteiger partial charge in [0.15, 0.2) is 5.79 Å². The van der Waals surface area contributed by atoms with Crippen molar-refractivity contribution in [3.63, 3.8) is 0 Å². The zero-order chi connectivity index (χ0) is 29.0. The minimum Gasteiger partial charge on any atom is -0.391 e. The summed E-state index contributed by atoms with van der Waals surface area (Å²) in [7, 11) is 0. The summed E-state index contributed by atoms with van der Waals surface area (Å²) in [6.45, 7) is 15.4. The van der Waals surface area contributed by atoms with Gasteiger partial charge in [-0.2, -0.15) is 0 Å². The van der Waals surface area contributed by atoms with Gasteiger partial charge in [-0.25, -0.2) is 0 Å². The zero-order valence-corrected chi connectivity index (χ0v) is 26.8. The lowest BCUT2D eigenvalue weighted by Crippen LogP contribution is -2.64. The highest BCUT2D eigenvalue weighted by atomic mass is 16.7. The number of ketones is 1. The van der Waals surface area contributed by atoms with E-state index >= 15 is 0 Å². The van der Waals surface area contributed by atoms with Crippen LogP contribution >= 0.6 is 0 Å². The van der Waals surface area contributed by atoms with Crippen LogP contribution in [0.25, 0.3) is 0 Å². The van der Waals surface area contributed by atoms with Crippen molar-refractivity contribution >= 4 is 5.78 Å². The van der Waals surface area contributed by atoms with E-state index < -0.39 is 5.79 Å². The second kappa shape index (κ2) is 11.4. The van der Waals surface area contributed by atoms with Gasteiger partial charge in [0.25, 0.3) is 0 Å². The summed E-state index contributed by atoms with van der Waals surface area (Å²) in [6, 6.07) is 0.123. The first kappa shape index (κ1) is 30.5. The number of aliphatic hydroxyl groups excluding tert-OH is 1. The quantitative estimate of drug-likeness (QED) is 0.364. The van der Waals surface area contributed by atoms with E-state index in [1.54, 1.807) is 0 Å². The number of carbonyl (C=O) groups is 1. The molecule has 4 saturated carbocycles. The molecule has 0 aromatic rings. The molecule has 6 rings (SSSR count). The lowest BCUT2D eigenvalue weighted by atomic mass is 9.43. The molecule has 6 aliphatic rings. The van der Waals surface area contributed by atoms with Gasteiger partial charge in [-0.1, -0.05) is 53.4 Å². The third-order valence-corrected chi connectivity index (χ3v) is 13.6. The van der Waals surface area contributed by atoms with Crippen LogP contribution < -0.4 is 0 Å². The number of morpholine rings is 1. The smallest absolute Gasteiger partial charge is 0.169 e. The number of ether oxygens (including phenoxy) is 3. The number of unbranched alkanes of at least 4 members (excludes halogenated alkanes) is 2. The summed E-state index contributed by atoms with van der Waals surface area (Å²) < 4.78 is 19.0. The van der Waals surface area contributed by atoms with Crippen LogP contribution in [0.5, 0.6) is 0 Å². The molecule has 0 spiro atoms. The molecule has 6 heteroatoms. The summed E-state index contributed by atoms with van der Waals surface area (Å²) in [6.07, 6.45) is 13.7. The van der Waals surface area contributed by atoms with E-state index in [-0.39, 0.29) is 40.4 Å². The Balaban J connectivity index is 1.24. The molecule has 0 radical (unpaired) electrons. The van der Waals surface area contributed by atoms with E-state index in [0.29, 0.717) is 43.2 Å². The van der Waals surface area contributed by atoms with E-state index in [4.69, 9.17) is 14.2 Å². The highest BCUT2D eigenvalue weighted by Gasteiger charge is 2.67. The SMILES string of the molecule is CCCCC1(CCCC)CN([C@H]2C[C@@]3(C)[C@@H](CC[C@H]4[C@@H]5CC[C@H](C6(C)OCCO6)[C@@]5(C)CC(=O)[C@@H]43)C[C@@H]2O)CCO1. The van der Waals surface area contributed by atoms with Crippen molar-refractivity contribution in [3.05, 3.63) is 0 Å². The molecular weight excluding hydrogens is 514 g/mol. The maximum Gasteiger partial charge on any atom is 0.169 e. The molecule has 41 heavy (non-hydrogen) atoms.